The molecule has 0 spiro atoms. The Bertz CT molecular complexity index is 186. The fraction of sp³-hybridized carbons (Fsp3) is 0.900. The predicted molar refractivity (Wildman–Crippen MR) is 64.8 cm³/mol. The van der Waals surface area contributed by atoms with E-state index in [2.05, 4.69) is 24.2 Å². The molecule has 0 saturated carbocycles. The monoisotopic (exact) mass is 215 g/mol. The van der Waals surface area contributed by atoms with Crippen LogP contribution in [0.25, 0.3) is 0 Å². The quantitative estimate of drug-likeness (QED) is 0.551. The molecule has 0 radical (unpaired) electrons. The van der Waals surface area contributed by atoms with Crippen molar-refractivity contribution < 1.29 is 0 Å². The summed E-state index contributed by atoms with van der Waals surface area (Å²) >= 11 is 2.04. The molecule has 3 N–H and O–H groups in total. The molecule has 1 fully saturated rings. The molecule has 3 nitrogen and oxygen atoms in total. The summed E-state index contributed by atoms with van der Waals surface area (Å²) in [6, 6.07) is 0. The van der Waals surface area contributed by atoms with Crippen LogP contribution in [0, 0.1) is 5.92 Å². The van der Waals surface area contributed by atoms with Crippen molar-refractivity contribution in [2.45, 2.75) is 31.9 Å². The number of thioether (sulfide) groups is 1. The Labute approximate surface area is 90.9 Å². The van der Waals surface area contributed by atoms with E-state index in [-0.39, 0.29) is 0 Å². The van der Waals surface area contributed by atoms with E-state index in [0.717, 1.165) is 18.3 Å². The molecule has 0 aliphatic carbocycles. The molecule has 1 aliphatic heterocycles. The van der Waals surface area contributed by atoms with Crippen molar-refractivity contribution >= 4 is 17.7 Å². The van der Waals surface area contributed by atoms with Crippen molar-refractivity contribution in [1.82, 2.24) is 5.32 Å². The van der Waals surface area contributed by atoms with Gasteiger partial charge in [0, 0.05) is 18.3 Å². The first-order valence-corrected chi connectivity index (χ1v) is 6.38. The van der Waals surface area contributed by atoms with Gasteiger partial charge in [0.2, 0.25) is 0 Å². The van der Waals surface area contributed by atoms with Crippen molar-refractivity contribution in [3.05, 3.63) is 0 Å². The highest BCUT2D eigenvalue weighted by atomic mass is 32.2. The van der Waals surface area contributed by atoms with Crippen LogP contribution in [0.5, 0.6) is 0 Å². The Morgan fingerprint density at radius 3 is 3.00 bits per heavy atom. The van der Waals surface area contributed by atoms with E-state index in [1.54, 1.807) is 0 Å². The lowest BCUT2D eigenvalue weighted by molar-refractivity contribution is 0.659. The van der Waals surface area contributed by atoms with Crippen LogP contribution in [0.3, 0.4) is 0 Å². The molecule has 14 heavy (non-hydrogen) atoms. The van der Waals surface area contributed by atoms with Gasteiger partial charge in [-0.3, -0.25) is 4.99 Å². The van der Waals surface area contributed by atoms with Crippen LogP contribution in [0.2, 0.25) is 0 Å². The fourth-order valence-electron chi connectivity index (χ4n) is 1.36. The lowest BCUT2D eigenvalue weighted by Gasteiger charge is -2.10. The molecular formula is C10H21N3S. The van der Waals surface area contributed by atoms with Crippen LogP contribution >= 0.6 is 11.8 Å². The van der Waals surface area contributed by atoms with Gasteiger partial charge in [0.25, 0.3) is 0 Å². The van der Waals surface area contributed by atoms with Crippen molar-refractivity contribution in [2.24, 2.45) is 16.6 Å². The summed E-state index contributed by atoms with van der Waals surface area (Å²) in [6.45, 7) is 6.07. The minimum absolute atomic E-state index is 0.580. The standard InChI is InChI=1S/C10H21N3S/c1-8(2)6-12-10(11)13-7-9-4-3-5-14-9/h8-9H,3-7H2,1-2H3,(H3,11,12,13). The van der Waals surface area contributed by atoms with Gasteiger partial charge in [0.05, 0.1) is 0 Å². The normalized spacial score (nSPS) is 23.1. The van der Waals surface area contributed by atoms with Crippen LogP contribution in [-0.2, 0) is 0 Å². The molecule has 1 heterocycles. The lowest BCUT2D eigenvalue weighted by atomic mass is 10.2. The molecule has 82 valence electrons. The molecule has 1 unspecified atom stereocenters. The largest absolute Gasteiger partial charge is 0.370 e. The van der Waals surface area contributed by atoms with E-state index in [1.807, 2.05) is 11.8 Å². The molecule has 1 aliphatic rings. The maximum Gasteiger partial charge on any atom is 0.188 e. The first-order chi connectivity index (χ1) is 6.68. The third-order valence-corrected chi connectivity index (χ3v) is 3.56. The molecule has 1 atom stereocenters. The molecule has 0 aromatic rings. The van der Waals surface area contributed by atoms with Crippen molar-refractivity contribution in [3.63, 3.8) is 0 Å². The van der Waals surface area contributed by atoms with Gasteiger partial charge in [-0.1, -0.05) is 13.8 Å². The Balaban J connectivity index is 2.12. The number of guanidine groups is 1. The van der Waals surface area contributed by atoms with E-state index in [0.29, 0.717) is 11.9 Å². The van der Waals surface area contributed by atoms with E-state index < -0.39 is 0 Å². The highest BCUT2D eigenvalue weighted by Gasteiger charge is 2.14. The molecule has 1 saturated heterocycles. The minimum Gasteiger partial charge on any atom is -0.370 e. The maximum absolute atomic E-state index is 5.73. The number of nitrogens with one attached hydrogen (secondary N) is 1. The Hall–Kier alpha value is -0.380. The first-order valence-electron chi connectivity index (χ1n) is 5.34. The van der Waals surface area contributed by atoms with Crippen LogP contribution in [0.15, 0.2) is 4.99 Å². The summed E-state index contributed by atoms with van der Waals surface area (Å²) in [4.78, 5) is 4.26. The lowest BCUT2D eigenvalue weighted by Crippen LogP contribution is -2.36. The van der Waals surface area contributed by atoms with Gasteiger partial charge in [-0.25, -0.2) is 0 Å². The number of hydrogen-bond acceptors (Lipinski definition) is 2. The van der Waals surface area contributed by atoms with Crippen LogP contribution in [0.1, 0.15) is 26.7 Å². The van der Waals surface area contributed by atoms with E-state index >= 15 is 0 Å². The summed E-state index contributed by atoms with van der Waals surface area (Å²) in [6.07, 6.45) is 2.66. The molecule has 0 aromatic heterocycles. The molecule has 1 rings (SSSR count). The van der Waals surface area contributed by atoms with Crippen molar-refractivity contribution in [2.75, 3.05) is 18.8 Å². The van der Waals surface area contributed by atoms with Gasteiger partial charge in [0.15, 0.2) is 5.96 Å². The van der Waals surface area contributed by atoms with Gasteiger partial charge in [-0.2, -0.15) is 11.8 Å². The zero-order chi connectivity index (χ0) is 10.4. The van der Waals surface area contributed by atoms with Crippen molar-refractivity contribution in [3.8, 4) is 0 Å². The highest BCUT2D eigenvalue weighted by Crippen LogP contribution is 2.24. The molecular weight excluding hydrogens is 194 g/mol. The highest BCUT2D eigenvalue weighted by molar-refractivity contribution is 8.00. The average Bonchev–Trinajstić information content (AvgIpc) is 2.63. The number of rotatable bonds is 4. The summed E-state index contributed by atoms with van der Waals surface area (Å²) in [5, 5.41) is 3.93. The number of nitrogens with two attached hydrogens (primary N) is 1. The topological polar surface area (TPSA) is 50.4 Å². The van der Waals surface area contributed by atoms with Gasteiger partial charge in [-0.15, -0.1) is 0 Å². The third kappa shape index (κ3) is 4.74. The summed E-state index contributed by atoms with van der Waals surface area (Å²) < 4.78 is 0. The number of aliphatic imine (C=N–C) groups is 1. The Morgan fingerprint density at radius 1 is 1.64 bits per heavy atom. The van der Waals surface area contributed by atoms with Gasteiger partial charge < -0.3 is 11.1 Å². The number of hydrogen-bond donors (Lipinski definition) is 2. The molecule has 4 heteroatoms. The zero-order valence-electron chi connectivity index (χ0n) is 9.12. The van der Waals surface area contributed by atoms with Crippen molar-refractivity contribution in [1.29, 1.82) is 0 Å². The van der Waals surface area contributed by atoms with Crippen LogP contribution in [-0.4, -0.2) is 30.1 Å². The average molecular weight is 215 g/mol. The van der Waals surface area contributed by atoms with Gasteiger partial charge in [-0.05, 0) is 24.5 Å². The summed E-state index contributed by atoms with van der Waals surface area (Å²) in [5.74, 6) is 2.48. The molecule has 0 amide bonds. The minimum atomic E-state index is 0.580. The second-order valence-corrected chi connectivity index (χ2v) is 5.54. The Kier molecular flexibility index (Phi) is 5.15. The van der Waals surface area contributed by atoms with Gasteiger partial charge >= 0.3 is 0 Å². The fourth-order valence-corrected chi connectivity index (χ4v) is 2.56. The third-order valence-electron chi connectivity index (χ3n) is 2.16. The first kappa shape index (κ1) is 11.7. The van der Waals surface area contributed by atoms with E-state index in [1.165, 1.54) is 18.6 Å². The maximum atomic E-state index is 5.73. The Morgan fingerprint density at radius 2 is 2.43 bits per heavy atom. The molecule has 0 bridgehead atoms. The second-order valence-electron chi connectivity index (χ2n) is 4.14. The predicted octanol–water partition coefficient (Wildman–Crippen LogP) is 1.44. The van der Waals surface area contributed by atoms with Crippen LogP contribution < -0.4 is 11.1 Å². The number of nitrogens with zero attached hydrogens (tertiary/aromatic N) is 1. The van der Waals surface area contributed by atoms with Crippen LogP contribution in [0.4, 0.5) is 0 Å². The van der Waals surface area contributed by atoms with Gasteiger partial charge in [0.1, 0.15) is 0 Å². The zero-order valence-corrected chi connectivity index (χ0v) is 9.94. The smallest absolute Gasteiger partial charge is 0.188 e. The SMILES string of the molecule is CC(C)CN=C(N)NCC1CCCS1. The summed E-state index contributed by atoms with van der Waals surface area (Å²) in [7, 11) is 0. The molecule has 0 aromatic carbocycles. The van der Waals surface area contributed by atoms with E-state index in [4.69, 9.17) is 5.73 Å². The summed E-state index contributed by atoms with van der Waals surface area (Å²) in [5.41, 5.74) is 5.73. The van der Waals surface area contributed by atoms with E-state index in [9.17, 15) is 0 Å². The second kappa shape index (κ2) is 6.17.